The zero-order valence-electron chi connectivity index (χ0n) is 9.03. The second kappa shape index (κ2) is 4.61. The Morgan fingerprint density at radius 3 is 2.80 bits per heavy atom. The van der Waals surface area contributed by atoms with Crippen molar-refractivity contribution in [2.24, 2.45) is 0 Å². The van der Waals surface area contributed by atoms with Crippen molar-refractivity contribution in [2.45, 2.75) is 26.1 Å². The van der Waals surface area contributed by atoms with E-state index in [1.165, 1.54) is 4.88 Å². The summed E-state index contributed by atoms with van der Waals surface area (Å²) < 4.78 is 10.8. The van der Waals surface area contributed by atoms with Gasteiger partial charge in [0.05, 0.1) is 19.8 Å². The van der Waals surface area contributed by atoms with Crippen molar-refractivity contribution in [3.63, 3.8) is 0 Å². The van der Waals surface area contributed by atoms with Crippen LogP contribution in [0.2, 0.25) is 0 Å². The summed E-state index contributed by atoms with van der Waals surface area (Å²) >= 11 is 1.71. The molecule has 1 saturated heterocycles. The lowest BCUT2D eigenvalue weighted by atomic mass is 10.1. The zero-order valence-corrected chi connectivity index (χ0v) is 9.84. The number of hydrogen-bond donors (Lipinski definition) is 1. The molecule has 15 heavy (non-hydrogen) atoms. The Morgan fingerprint density at radius 2 is 2.27 bits per heavy atom. The molecule has 0 amide bonds. The van der Waals surface area contributed by atoms with E-state index in [1.807, 2.05) is 19.9 Å². The Labute approximate surface area is 93.6 Å². The van der Waals surface area contributed by atoms with Gasteiger partial charge < -0.3 is 14.6 Å². The highest BCUT2D eigenvalue weighted by atomic mass is 32.1. The minimum absolute atomic E-state index is 0.216. The summed E-state index contributed by atoms with van der Waals surface area (Å²) in [4.78, 5) is 2.38. The molecular weight excluding hydrogens is 212 g/mol. The fourth-order valence-corrected chi connectivity index (χ4v) is 2.80. The minimum atomic E-state index is -0.560. The molecule has 1 N–H and O–H groups in total. The summed E-state index contributed by atoms with van der Waals surface area (Å²) in [5.41, 5.74) is 0.980. The van der Waals surface area contributed by atoms with Crippen molar-refractivity contribution in [3.8, 4) is 0 Å². The third-order valence-electron chi connectivity index (χ3n) is 2.59. The maximum atomic E-state index is 10.1. The van der Waals surface area contributed by atoms with Crippen LogP contribution in [0.15, 0.2) is 6.07 Å². The van der Waals surface area contributed by atoms with E-state index in [4.69, 9.17) is 9.47 Å². The molecule has 0 bridgehead atoms. The Morgan fingerprint density at radius 1 is 1.47 bits per heavy atom. The van der Waals surface area contributed by atoms with Crippen molar-refractivity contribution in [1.29, 1.82) is 0 Å². The van der Waals surface area contributed by atoms with Gasteiger partial charge in [-0.2, -0.15) is 0 Å². The van der Waals surface area contributed by atoms with Crippen LogP contribution >= 0.6 is 11.3 Å². The molecule has 0 aromatic carbocycles. The van der Waals surface area contributed by atoms with Crippen molar-refractivity contribution in [3.05, 3.63) is 21.4 Å². The van der Waals surface area contributed by atoms with Crippen LogP contribution in [0.3, 0.4) is 0 Å². The minimum Gasteiger partial charge on any atom is -0.386 e. The first-order valence-electron chi connectivity index (χ1n) is 5.13. The van der Waals surface area contributed by atoms with Crippen molar-refractivity contribution >= 4 is 11.3 Å². The van der Waals surface area contributed by atoms with E-state index < -0.39 is 6.10 Å². The van der Waals surface area contributed by atoms with Crippen molar-refractivity contribution < 1.29 is 14.6 Å². The Kier molecular flexibility index (Phi) is 3.41. The van der Waals surface area contributed by atoms with E-state index >= 15 is 0 Å². The number of aryl methyl sites for hydroxylation is 2. The van der Waals surface area contributed by atoms with Crippen LogP contribution in [0.4, 0.5) is 0 Å². The Balaban J connectivity index is 2.12. The summed E-state index contributed by atoms with van der Waals surface area (Å²) in [6.07, 6.45) is -0.776. The van der Waals surface area contributed by atoms with Crippen LogP contribution in [0.1, 0.15) is 21.4 Å². The van der Waals surface area contributed by atoms with Gasteiger partial charge in [0.15, 0.2) is 0 Å². The average molecular weight is 228 g/mol. The number of thiophene rings is 1. The molecule has 1 aliphatic rings. The van der Waals surface area contributed by atoms with Crippen LogP contribution in [0.5, 0.6) is 0 Å². The quantitative estimate of drug-likeness (QED) is 0.839. The third kappa shape index (κ3) is 2.39. The molecule has 0 aliphatic carbocycles. The summed E-state index contributed by atoms with van der Waals surface area (Å²) in [6.45, 7) is 5.76. The maximum absolute atomic E-state index is 10.1. The molecule has 2 heterocycles. The van der Waals surface area contributed by atoms with Crippen molar-refractivity contribution in [1.82, 2.24) is 0 Å². The summed E-state index contributed by atoms with van der Waals surface area (Å²) in [7, 11) is 0. The van der Waals surface area contributed by atoms with Gasteiger partial charge in [-0.3, -0.25) is 0 Å². The topological polar surface area (TPSA) is 38.7 Å². The van der Waals surface area contributed by atoms with Gasteiger partial charge >= 0.3 is 0 Å². The van der Waals surface area contributed by atoms with E-state index in [0.29, 0.717) is 19.8 Å². The second-order valence-electron chi connectivity index (χ2n) is 3.80. The molecule has 3 nitrogen and oxygen atoms in total. The number of aliphatic hydroxyl groups excluding tert-OH is 1. The fraction of sp³-hybridized carbons (Fsp3) is 0.636. The van der Waals surface area contributed by atoms with Crippen LogP contribution in [0, 0.1) is 13.8 Å². The lowest BCUT2D eigenvalue weighted by molar-refractivity contribution is -0.133. The predicted octanol–water partition coefficient (Wildman–Crippen LogP) is 1.81. The van der Waals surface area contributed by atoms with Gasteiger partial charge in [-0.25, -0.2) is 0 Å². The largest absolute Gasteiger partial charge is 0.386 e. The number of aliphatic hydroxyl groups is 1. The van der Waals surface area contributed by atoms with E-state index in [-0.39, 0.29) is 6.10 Å². The van der Waals surface area contributed by atoms with Gasteiger partial charge in [0, 0.05) is 9.75 Å². The van der Waals surface area contributed by atoms with Gasteiger partial charge in [0.2, 0.25) is 0 Å². The van der Waals surface area contributed by atoms with Crippen LogP contribution in [0.25, 0.3) is 0 Å². The Hall–Kier alpha value is -0.420. The number of ether oxygens (including phenoxy) is 2. The fourth-order valence-electron chi connectivity index (χ4n) is 1.83. The van der Waals surface area contributed by atoms with E-state index in [9.17, 15) is 5.11 Å². The molecule has 1 fully saturated rings. The first kappa shape index (κ1) is 11.1. The number of hydrogen-bond acceptors (Lipinski definition) is 4. The third-order valence-corrected chi connectivity index (χ3v) is 3.57. The van der Waals surface area contributed by atoms with Gasteiger partial charge in [-0.05, 0) is 25.5 Å². The molecule has 1 aliphatic heterocycles. The van der Waals surface area contributed by atoms with E-state index in [1.54, 1.807) is 11.3 Å². The normalized spacial score (nSPS) is 24.1. The van der Waals surface area contributed by atoms with Gasteiger partial charge in [0.1, 0.15) is 12.2 Å². The lowest BCUT2D eigenvalue weighted by Gasteiger charge is -2.27. The highest BCUT2D eigenvalue weighted by molar-refractivity contribution is 7.12. The maximum Gasteiger partial charge on any atom is 0.111 e. The molecule has 2 unspecified atom stereocenters. The molecule has 0 saturated carbocycles. The van der Waals surface area contributed by atoms with Gasteiger partial charge in [-0.1, -0.05) is 0 Å². The zero-order chi connectivity index (χ0) is 10.8. The highest BCUT2D eigenvalue weighted by Gasteiger charge is 2.26. The van der Waals surface area contributed by atoms with Crippen LogP contribution in [-0.2, 0) is 9.47 Å². The summed E-state index contributed by atoms with van der Waals surface area (Å²) in [5, 5.41) is 10.1. The monoisotopic (exact) mass is 228 g/mol. The summed E-state index contributed by atoms with van der Waals surface area (Å²) in [5.74, 6) is 0. The second-order valence-corrected chi connectivity index (χ2v) is 5.26. The van der Waals surface area contributed by atoms with Gasteiger partial charge in [0.25, 0.3) is 0 Å². The Bertz CT molecular complexity index is 329. The van der Waals surface area contributed by atoms with Crippen LogP contribution in [-0.4, -0.2) is 31.0 Å². The standard InChI is InChI=1S/C11H16O3S/c1-7-5-9(8(2)15-7)11(12)10-6-13-3-4-14-10/h5,10-12H,3-4,6H2,1-2H3. The number of rotatable bonds is 2. The lowest BCUT2D eigenvalue weighted by Crippen LogP contribution is -2.33. The van der Waals surface area contributed by atoms with E-state index in [0.717, 1.165) is 10.4 Å². The molecular formula is C11H16O3S. The smallest absolute Gasteiger partial charge is 0.111 e. The molecule has 84 valence electrons. The SMILES string of the molecule is Cc1cc(C(O)C2COCCO2)c(C)s1. The first-order valence-corrected chi connectivity index (χ1v) is 5.94. The van der Waals surface area contributed by atoms with Crippen molar-refractivity contribution in [2.75, 3.05) is 19.8 Å². The molecule has 2 atom stereocenters. The molecule has 1 aromatic rings. The summed E-state index contributed by atoms with van der Waals surface area (Å²) in [6, 6.07) is 2.03. The molecule has 4 heteroatoms. The van der Waals surface area contributed by atoms with Gasteiger partial charge in [-0.15, -0.1) is 11.3 Å². The van der Waals surface area contributed by atoms with E-state index in [2.05, 4.69) is 0 Å². The first-order chi connectivity index (χ1) is 7.18. The molecule has 0 radical (unpaired) electrons. The molecule has 1 aromatic heterocycles. The molecule has 0 spiro atoms. The van der Waals surface area contributed by atoms with Crippen LogP contribution < -0.4 is 0 Å². The highest BCUT2D eigenvalue weighted by Crippen LogP contribution is 2.29. The molecule has 2 rings (SSSR count). The predicted molar refractivity (Wildman–Crippen MR) is 59.3 cm³/mol. The average Bonchev–Trinajstić information content (AvgIpc) is 2.58.